The fourth-order valence-corrected chi connectivity index (χ4v) is 1.29. The summed E-state index contributed by atoms with van der Waals surface area (Å²) in [7, 11) is 0. The molecule has 1 amide bonds. The lowest BCUT2D eigenvalue weighted by molar-refractivity contribution is -0.129. The van der Waals surface area contributed by atoms with Crippen LogP contribution in [0.4, 0.5) is 0 Å². The van der Waals surface area contributed by atoms with Crippen LogP contribution in [0.1, 0.15) is 26.2 Å². The summed E-state index contributed by atoms with van der Waals surface area (Å²) < 4.78 is 0. The summed E-state index contributed by atoms with van der Waals surface area (Å²) in [5, 5.41) is 20.6. The van der Waals surface area contributed by atoms with Gasteiger partial charge in [-0.1, -0.05) is 6.42 Å². The van der Waals surface area contributed by atoms with Crippen LogP contribution in [0, 0.1) is 5.92 Å². The van der Waals surface area contributed by atoms with E-state index in [9.17, 15) is 4.79 Å². The molecular weight excluding hydrogens is 170 g/mol. The summed E-state index contributed by atoms with van der Waals surface area (Å²) in [6.45, 7) is 1.35. The van der Waals surface area contributed by atoms with E-state index in [1.54, 1.807) is 6.92 Å². The SMILES string of the molecule is CC(O)C(CO)NC(=O)C1CCC1. The molecule has 1 aliphatic carbocycles. The van der Waals surface area contributed by atoms with Crippen LogP contribution in [-0.4, -0.2) is 34.9 Å². The Kier molecular flexibility index (Phi) is 3.69. The predicted octanol–water partition coefficient (Wildman–Crippen LogP) is -0.356. The zero-order valence-electron chi connectivity index (χ0n) is 7.86. The standard InChI is InChI=1S/C9H17NO3/c1-6(12)8(5-11)10-9(13)7-3-2-4-7/h6-8,11-12H,2-5H2,1H3,(H,10,13). The summed E-state index contributed by atoms with van der Waals surface area (Å²) in [6.07, 6.45) is 2.28. The number of rotatable bonds is 4. The normalized spacial score (nSPS) is 21.8. The Morgan fingerprint density at radius 2 is 2.23 bits per heavy atom. The zero-order valence-corrected chi connectivity index (χ0v) is 7.86. The Morgan fingerprint density at radius 3 is 2.54 bits per heavy atom. The number of aliphatic hydroxyl groups is 2. The first kappa shape index (κ1) is 10.5. The molecule has 1 aliphatic rings. The Balaban J connectivity index is 2.31. The summed E-state index contributed by atoms with van der Waals surface area (Å²) >= 11 is 0. The van der Waals surface area contributed by atoms with E-state index in [2.05, 4.69) is 5.32 Å². The van der Waals surface area contributed by atoms with Gasteiger partial charge in [0, 0.05) is 5.92 Å². The molecule has 0 aromatic rings. The largest absolute Gasteiger partial charge is 0.394 e. The average Bonchev–Trinajstić information content (AvgIpc) is 1.96. The third-order valence-electron chi connectivity index (χ3n) is 2.58. The van der Waals surface area contributed by atoms with E-state index in [1.807, 2.05) is 0 Å². The van der Waals surface area contributed by atoms with Gasteiger partial charge in [0.15, 0.2) is 0 Å². The third-order valence-corrected chi connectivity index (χ3v) is 2.58. The number of nitrogens with one attached hydrogen (secondary N) is 1. The van der Waals surface area contributed by atoms with Crippen molar-refractivity contribution in [1.82, 2.24) is 5.32 Å². The van der Waals surface area contributed by atoms with Gasteiger partial charge in [0.05, 0.1) is 18.8 Å². The van der Waals surface area contributed by atoms with Gasteiger partial charge in [0.25, 0.3) is 0 Å². The monoisotopic (exact) mass is 187 g/mol. The molecule has 13 heavy (non-hydrogen) atoms. The van der Waals surface area contributed by atoms with Crippen LogP contribution in [0.5, 0.6) is 0 Å². The predicted molar refractivity (Wildman–Crippen MR) is 48.0 cm³/mol. The van der Waals surface area contributed by atoms with E-state index >= 15 is 0 Å². The highest BCUT2D eigenvalue weighted by atomic mass is 16.3. The van der Waals surface area contributed by atoms with Crippen LogP contribution in [0.15, 0.2) is 0 Å². The minimum Gasteiger partial charge on any atom is -0.394 e. The topological polar surface area (TPSA) is 69.6 Å². The van der Waals surface area contributed by atoms with E-state index in [0.717, 1.165) is 19.3 Å². The molecule has 0 aromatic carbocycles. The second kappa shape index (κ2) is 4.58. The summed E-state index contributed by atoms with van der Waals surface area (Å²) in [4.78, 5) is 11.4. The first-order chi connectivity index (χ1) is 6.15. The molecular formula is C9H17NO3. The quantitative estimate of drug-likeness (QED) is 0.563. The van der Waals surface area contributed by atoms with Crippen molar-refractivity contribution >= 4 is 5.91 Å². The molecule has 0 aromatic heterocycles. The van der Waals surface area contributed by atoms with Crippen LogP contribution in [-0.2, 0) is 4.79 Å². The maximum atomic E-state index is 11.4. The summed E-state index contributed by atoms with van der Waals surface area (Å²) in [5.74, 6) is 0.0685. The van der Waals surface area contributed by atoms with Crippen LogP contribution in [0.25, 0.3) is 0 Å². The van der Waals surface area contributed by atoms with Gasteiger partial charge in [-0.15, -0.1) is 0 Å². The maximum absolute atomic E-state index is 11.4. The van der Waals surface area contributed by atoms with Gasteiger partial charge in [0.2, 0.25) is 5.91 Å². The molecule has 0 aliphatic heterocycles. The first-order valence-electron chi connectivity index (χ1n) is 4.74. The molecule has 0 saturated heterocycles. The molecule has 76 valence electrons. The van der Waals surface area contributed by atoms with Gasteiger partial charge >= 0.3 is 0 Å². The highest BCUT2D eigenvalue weighted by Gasteiger charge is 2.27. The molecule has 2 unspecified atom stereocenters. The lowest BCUT2D eigenvalue weighted by atomic mass is 9.84. The lowest BCUT2D eigenvalue weighted by Crippen LogP contribution is -2.48. The smallest absolute Gasteiger partial charge is 0.223 e. The number of amides is 1. The number of hydrogen-bond donors (Lipinski definition) is 3. The number of carbonyl (C=O) groups excluding carboxylic acids is 1. The molecule has 0 bridgehead atoms. The van der Waals surface area contributed by atoms with Crippen LogP contribution in [0.3, 0.4) is 0 Å². The molecule has 4 nitrogen and oxygen atoms in total. The van der Waals surface area contributed by atoms with E-state index in [0.29, 0.717) is 0 Å². The molecule has 1 rings (SSSR count). The van der Waals surface area contributed by atoms with E-state index in [1.165, 1.54) is 0 Å². The van der Waals surface area contributed by atoms with Crippen molar-refractivity contribution in [2.24, 2.45) is 5.92 Å². The van der Waals surface area contributed by atoms with Crippen molar-refractivity contribution in [3.8, 4) is 0 Å². The fourth-order valence-electron chi connectivity index (χ4n) is 1.29. The van der Waals surface area contributed by atoms with E-state index in [4.69, 9.17) is 10.2 Å². The van der Waals surface area contributed by atoms with Gasteiger partial charge in [-0.2, -0.15) is 0 Å². The Hall–Kier alpha value is -0.610. The summed E-state index contributed by atoms with van der Waals surface area (Å²) in [6, 6.07) is -0.520. The van der Waals surface area contributed by atoms with Gasteiger partial charge in [0.1, 0.15) is 0 Å². The fraction of sp³-hybridized carbons (Fsp3) is 0.889. The highest BCUT2D eigenvalue weighted by molar-refractivity contribution is 5.79. The molecule has 0 spiro atoms. The van der Waals surface area contributed by atoms with Crippen molar-refractivity contribution < 1.29 is 15.0 Å². The van der Waals surface area contributed by atoms with Gasteiger partial charge in [-0.25, -0.2) is 0 Å². The molecule has 0 radical (unpaired) electrons. The van der Waals surface area contributed by atoms with Crippen LogP contribution < -0.4 is 5.32 Å². The van der Waals surface area contributed by atoms with Crippen LogP contribution in [0.2, 0.25) is 0 Å². The van der Waals surface area contributed by atoms with Crippen molar-refractivity contribution in [3.63, 3.8) is 0 Å². The minimum atomic E-state index is -0.700. The van der Waals surface area contributed by atoms with Crippen molar-refractivity contribution in [2.75, 3.05) is 6.61 Å². The zero-order chi connectivity index (χ0) is 9.84. The number of hydrogen-bond acceptors (Lipinski definition) is 3. The van der Waals surface area contributed by atoms with Crippen molar-refractivity contribution in [2.45, 2.75) is 38.3 Å². The average molecular weight is 187 g/mol. The number of carbonyl (C=O) groups is 1. The van der Waals surface area contributed by atoms with Crippen molar-refractivity contribution in [3.05, 3.63) is 0 Å². The molecule has 3 N–H and O–H groups in total. The first-order valence-corrected chi connectivity index (χ1v) is 4.74. The van der Waals surface area contributed by atoms with E-state index in [-0.39, 0.29) is 18.4 Å². The Bertz CT molecular complexity index is 178. The molecule has 1 fully saturated rings. The maximum Gasteiger partial charge on any atom is 0.223 e. The highest BCUT2D eigenvalue weighted by Crippen LogP contribution is 2.26. The third kappa shape index (κ3) is 2.67. The van der Waals surface area contributed by atoms with E-state index < -0.39 is 12.1 Å². The minimum absolute atomic E-state index is 0.0359. The Labute approximate surface area is 78.0 Å². The Morgan fingerprint density at radius 1 is 1.62 bits per heavy atom. The summed E-state index contributed by atoms with van der Waals surface area (Å²) in [5.41, 5.74) is 0. The molecule has 1 saturated carbocycles. The number of aliphatic hydroxyl groups excluding tert-OH is 2. The molecule has 0 heterocycles. The van der Waals surface area contributed by atoms with Crippen LogP contribution >= 0.6 is 0 Å². The second-order valence-electron chi connectivity index (χ2n) is 3.67. The lowest BCUT2D eigenvalue weighted by Gasteiger charge is -2.27. The van der Waals surface area contributed by atoms with Gasteiger partial charge in [-0.3, -0.25) is 4.79 Å². The van der Waals surface area contributed by atoms with Crippen molar-refractivity contribution in [1.29, 1.82) is 0 Å². The molecule has 2 atom stereocenters. The van der Waals surface area contributed by atoms with Gasteiger partial charge in [-0.05, 0) is 19.8 Å². The molecule has 4 heteroatoms. The second-order valence-corrected chi connectivity index (χ2v) is 3.67. The van der Waals surface area contributed by atoms with Gasteiger partial charge < -0.3 is 15.5 Å².